The highest BCUT2D eigenvalue weighted by Gasteiger charge is 2.41. The lowest BCUT2D eigenvalue weighted by Gasteiger charge is -2.36. The van der Waals surface area contributed by atoms with E-state index in [9.17, 15) is 9.59 Å². The van der Waals surface area contributed by atoms with E-state index < -0.39 is 11.4 Å². The number of nitrogens with zero attached hydrogens (tertiary/aromatic N) is 2. The SMILES string of the molecule is C1CCOC1.CC.CC#C/C(=C\N(C)C)[C@](CN(C)Cc1ccc(OC)cc1C=O)(NC)C(=O)NC#CO. The van der Waals surface area contributed by atoms with Crippen molar-refractivity contribution in [2.45, 2.75) is 45.7 Å². The van der Waals surface area contributed by atoms with Gasteiger partial charge in [-0.2, -0.15) is 0 Å². The molecule has 38 heavy (non-hydrogen) atoms. The summed E-state index contributed by atoms with van der Waals surface area (Å²) >= 11 is 0. The summed E-state index contributed by atoms with van der Waals surface area (Å²) in [6.07, 6.45) is 6.78. The lowest BCUT2D eigenvalue weighted by molar-refractivity contribution is -0.125. The van der Waals surface area contributed by atoms with Crippen LogP contribution in [-0.4, -0.2) is 87.7 Å². The number of methoxy groups -OCH3 is 1. The topological polar surface area (TPSA) is 103 Å². The van der Waals surface area contributed by atoms with Crippen molar-refractivity contribution in [3.05, 3.63) is 41.1 Å². The molecule has 1 heterocycles. The molecule has 1 aromatic carbocycles. The van der Waals surface area contributed by atoms with Gasteiger partial charge in [0.25, 0.3) is 5.91 Å². The van der Waals surface area contributed by atoms with Gasteiger partial charge in [-0.15, -0.1) is 5.92 Å². The third-order valence-corrected chi connectivity index (χ3v) is 5.41. The maximum atomic E-state index is 13.1. The molecule has 0 unspecified atom stereocenters. The summed E-state index contributed by atoms with van der Waals surface area (Å²) in [7, 11) is 8.70. The van der Waals surface area contributed by atoms with Crippen molar-refractivity contribution < 1.29 is 24.2 Å². The van der Waals surface area contributed by atoms with E-state index in [-0.39, 0.29) is 6.54 Å². The van der Waals surface area contributed by atoms with Gasteiger partial charge in [-0.3, -0.25) is 19.8 Å². The van der Waals surface area contributed by atoms with Crippen LogP contribution in [0.3, 0.4) is 0 Å². The van der Waals surface area contributed by atoms with Gasteiger partial charge in [0.1, 0.15) is 17.4 Å². The van der Waals surface area contributed by atoms with Crippen LogP contribution in [0.5, 0.6) is 5.75 Å². The van der Waals surface area contributed by atoms with Gasteiger partial charge in [0.05, 0.1) is 13.2 Å². The second-order valence-corrected chi connectivity index (χ2v) is 8.40. The van der Waals surface area contributed by atoms with Crippen LogP contribution in [0.4, 0.5) is 0 Å². The van der Waals surface area contributed by atoms with Gasteiger partial charge < -0.3 is 24.8 Å². The average Bonchev–Trinajstić information content (AvgIpc) is 3.52. The molecule has 3 N–H and O–H groups in total. The predicted molar refractivity (Wildman–Crippen MR) is 151 cm³/mol. The average molecular weight is 529 g/mol. The summed E-state index contributed by atoms with van der Waals surface area (Å²) in [5, 5.41) is 14.3. The van der Waals surface area contributed by atoms with Crippen molar-refractivity contribution in [3.63, 3.8) is 0 Å². The summed E-state index contributed by atoms with van der Waals surface area (Å²) in [6.45, 7) is 8.29. The lowest BCUT2D eigenvalue weighted by Crippen LogP contribution is -2.61. The van der Waals surface area contributed by atoms with Crippen molar-refractivity contribution >= 4 is 12.2 Å². The zero-order valence-electron chi connectivity index (χ0n) is 24.1. The zero-order valence-corrected chi connectivity index (χ0v) is 24.1. The molecule has 0 radical (unpaired) electrons. The van der Waals surface area contributed by atoms with E-state index in [1.54, 1.807) is 43.3 Å². The predicted octanol–water partition coefficient (Wildman–Crippen LogP) is 2.60. The first kappa shape index (κ1) is 34.5. The van der Waals surface area contributed by atoms with Crippen molar-refractivity contribution in [3.8, 4) is 29.7 Å². The number of carbonyl (C=O) groups excluding carboxylic acids is 2. The minimum Gasteiger partial charge on any atom is -0.497 e. The largest absolute Gasteiger partial charge is 0.497 e. The van der Waals surface area contributed by atoms with E-state index in [1.807, 2.05) is 46.0 Å². The van der Waals surface area contributed by atoms with Crippen LogP contribution in [0.2, 0.25) is 0 Å². The van der Waals surface area contributed by atoms with Gasteiger partial charge in [-0.05, 0) is 51.6 Å². The van der Waals surface area contributed by atoms with E-state index in [4.69, 9.17) is 14.6 Å². The minimum absolute atomic E-state index is 0.209. The number of benzene rings is 1. The van der Waals surface area contributed by atoms with Crippen LogP contribution in [0.1, 0.15) is 49.5 Å². The van der Waals surface area contributed by atoms with E-state index in [2.05, 4.69) is 28.5 Å². The molecule has 9 heteroatoms. The lowest BCUT2D eigenvalue weighted by atomic mass is 9.88. The summed E-state index contributed by atoms with van der Waals surface area (Å²) in [5.41, 5.74) is 0.560. The Morgan fingerprint density at radius 3 is 2.34 bits per heavy atom. The molecule has 1 aromatic rings. The summed E-state index contributed by atoms with van der Waals surface area (Å²) < 4.78 is 10.1. The number of amides is 1. The number of nitrogens with one attached hydrogen (secondary N) is 2. The van der Waals surface area contributed by atoms with Crippen LogP contribution < -0.4 is 15.4 Å². The number of aldehydes is 1. The first-order chi connectivity index (χ1) is 18.3. The van der Waals surface area contributed by atoms with E-state index in [1.165, 1.54) is 20.0 Å². The molecule has 0 bridgehead atoms. The number of aliphatic hydroxyl groups excluding tert-OH is 1. The number of carbonyl (C=O) groups is 2. The maximum absolute atomic E-state index is 13.1. The number of rotatable bonds is 10. The molecule has 210 valence electrons. The third-order valence-electron chi connectivity index (χ3n) is 5.41. The Bertz CT molecular complexity index is 1010. The molecule has 9 nitrogen and oxygen atoms in total. The quantitative estimate of drug-likeness (QED) is 0.242. The smallest absolute Gasteiger partial charge is 0.258 e. The van der Waals surface area contributed by atoms with Gasteiger partial charge in [0.15, 0.2) is 6.29 Å². The van der Waals surface area contributed by atoms with Crippen LogP contribution >= 0.6 is 0 Å². The van der Waals surface area contributed by atoms with E-state index in [0.717, 1.165) is 25.1 Å². The fourth-order valence-corrected chi connectivity index (χ4v) is 3.66. The van der Waals surface area contributed by atoms with Crippen molar-refractivity contribution in [1.29, 1.82) is 0 Å². The van der Waals surface area contributed by atoms with Gasteiger partial charge >= 0.3 is 0 Å². The number of likely N-dealkylation sites (N-methyl/N-ethyl adjacent to an activating group) is 2. The first-order valence-electron chi connectivity index (χ1n) is 12.6. The fourth-order valence-electron chi connectivity index (χ4n) is 3.66. The number of ether oxygens (including phenoxy) is 2. The highest BCUT2D eigenvalue weighted by atomic mass is 16.5. The molecule has 1 atom stereocenters. The van der Waals surface area contributed by atoms with Crippen molar-refractivity contribution in [2.24, 2.45) is 0 Å². The van der Waals surface area contributed by atoms with E-state index in [0.29, 0.717) is 23.4 Å². The molecular weight excluding hydrogens is 484 g/mol. The number of hydrogen-bond donors (Lipinski definition) is 3. The molecule has 1 aliphatic rings. The van der Waals surface area contributed by atoms with Crippen molar-refractivity contribution in [1.82, 2.24) is 20.4 Å². The summed E-state index contributed by atoms with van der Waals surface area (Å²) in [5.74, 6) is 5.98. The fraction of sp³-hybridized carbons (Fsp3) is 0.517. The van der Waals surface area contributed by atoms with Gasteiger partial charge in [0, 0.05) is 57.7 Å². The summed E-state index contributed by atoms with van der Waals surface area (Å²) in [6, 6.07) is 7.46. The third kappa shape index (κ3) is 11.3. The number of aliphatic hydroxyl groups is 1. The molecule has 0 saturated carbocycles. The van der Waals surface area contributed by atoms with Crippen LogP contribution in [0.15, 0.2) is 30.0 Å². The Hall–Kier alpha value is -3.50. The second kappa shape index (κ2) is 19.6. The maximum Gasteiger partial charge on any atom is 0.258 e. The monoisotopic (exact) mass is 528 g/mol. The number of hydrogen-bond acceptors (Lipinski definition) is 8. The van der Waals surface area contributed by atoms with Crippen LogP contribution in [0, 0.1) is 24.0 Å². The Morgan fingerprint density at radius 2 is 1.89 bits per heavy atom. The normalized spacial score (nSPS) is 13.6. The zero-order chi connectivity index (χ0) is 29.0. The minimum atomic E-state index is -1.26. The standard InChI is InChI=1S/C23H30N4O4.C4H8O.C2H6/c1-7-8-20(15-26(3)4)23(24-2,22(30)25-11-12-28)17-27(5)14-18-9-10-21(31-6)13-19(18)16-29;1-2-4-5-3-1;1-2/h9-10,13,15-16,24,28H,14,17H2,1-6H3,(H,25,30);1-4H2;1-2H3/b20-15+;;/t23-;;/m0../s1. The molecule has 2 rings (SSSR count). The van der Waals surface area contributed by atoms with E-state index >= 15 is 0 Å². The molecule has 1 saturated heterocycles. The van der Waals surface area contributed by atoms with Crippen molar-refractivity contribution in [2.75, 3.05) is 55.1 Å². The molecule has 1 aliphatic heterocycles. The van der Waals surface area contributed by atoms with Crippen LogP contribution in [-0.2, 0) is 16.1 Å². The van der Waals surface area contributed by atoms with Gasteiger partial charge in [-0.1, -0.05) is 25.8 Å². The second-order valence-electron chi connectivity index (χ2n) is 8.40. The molecule has 1 amide bonds. The van der Waals surface area contributed by atoms with Crippen LogP contribution in [0.25, 0.3) is 0 Å². The Morgan fingerprint density at radius 1 is 1.24 bits per heavy atom. The molecule has 0 aromatic heterocycles. The molecular formula is C29H44N4O5. The highest BCUT2D eigenvalue weighted by Crippen LogP contribution is 2.22. The highest BCUT2D eigenvalue weighted by molar-refractivity contribution is 5.92. The Kier molecular flexibility index (Phi) is 17.8. The van der Waals surface area contributed by atoms with Gasteiger partial charge in [-0.25, -0.2) is 0 Å². The van der Waals surface area contributed by atoms with Gasteiger partial charge in [0.2, 0.25) is 0 Å². The molecule has 0 spiro atoms. The summed E-state index contributed by atoms with van der Waals surface area (Å²) in [4.78, 5) is 28.4. The molecule has 0 aliphatic carbocycles. The Balaban J connectivity index is 0.00000170. The Labute approximate surface area is 228 Å². The molecule has 1 fully saturated rings. The first-order valence-corrected chi connectivity index (χ1v) is 12.6.